The fraction of sp³-hybridized carbons (Fsp3) is 0. The Hall–Kier alpha value is -0.586. The first-order chi connectivity index (χ1) is 8.27. The minimum Gasteiger partial charge on any atom is -0.426 e. The largest absolute Gasteiger partial charge is 0.426 e. The Bertz CT molecular complexity index is 409. The number of benzene rings is 2. The Balaban J connectivity index is 2.02. The van der Waals surface area contributed by atoms with Crippen LogP contribution in [-0.4, -0.2) is 16.7 Å². The molecule has 0 aliphatic heterocycles. The van der Waals surface area contributed by atoms with Crippen LogP contribution in [0.2, 0.25) is 0 Å². The maximum Gasteiger partial charge on any atom is 0.350 e. The third-order valence-electron chi connectivity index (χ3n) is 2.18. The van der Waals surface area contributed by atoms with E-state index >= 15 is 0 Å². The second-order valence-corrected chi connectivity index (χ2v) is 8.51. The zero-order valence-electron chi connectivity index (χ0n) is 8.94. The van der Waals surface area contributed by atoms with Crippen LogP contribution < -0.4 is 10.4 Å². The Labute approximate surface area is 114 Å². The van der Waals surface area contributed by atoms with Crippen molar-refractivity contribution in [3.8, 4) is 0 Å². The van der Waals surface area contributed by atoms with Crippen molar-refractivity contribution in [1.29, 1.82) is 0 Å². The quantitative estimate of drug-likeness (QED) is 0.621. The Kier molecular flexibility index (Phi) is 4.82. The van der Waals surface area contributed by atoms with E-state index in [1.54, 1.807) is 0 Å². The van der Waals surface area contributed by atoms with Crippen molar-refractivity contribution in [1.82, 2.24) is 0 Å². The van der Waals surface area contributed by atoms with Crippen LogP contribution in [-0.2, 0) is 4.12 Å². The lowest BCUT2D eigenvalue weighted by Gasteiger charge is -2.12. The Morgan fingerprint density at radius 1 is 0.647 bits per heavy atom. The highest BCUT2D eigenvalue weighted by Gasteiger charge is 2.21. The molecule has 2 radical (unpaired) electrons. The summed E-state index contributed by atoms with van der Waals surface area (Å²) in [7, 11) is -3.06. The second-order valence-electron chi connectivity index (χ2n) is 3.38. The first-order valence-corrected chi connectivity index (χ1v) is 9.95. The SMILES string of the molecule is Cl[Si](O[Si](Cl)c1ccccc1)c1ccccc1. The lowest BCUT2D eigenvalue weighted by molar-refractivity contribution is 0.647. The minimum absolute atomic E-state index is 1.03. The van der Waals surface area contributed by atoms with Crippen molar-refractivity contribution in [2.24, 2.45) is 0 Å². The summed E-state index contributed by atoms with van der Waals surface area (Å²) in [5, 5.41) is 2.05. The highest BCUT2D eigenvalue weighted by atomic mass is 35.6. The number of halogens is 2. The van der Waals surface area contributed by atoms with E-state index < -0.39 is 16.7 Å². The van der Waals surface area contributed by atoms with Gasteiger partial charge in [0.2, 0.25) is 0 Å². The summed E-state index contributed by atoms with van der Waals surface area (Å²) < 4.78 is 5.76. The minimum atomic E-state index is -1.53. The van der Waals surface area contributed by atoms with E-state index in [4.69, 9.17) is 26.3 Å². The molecule has 5 heteroatoms. The van der Waals surface area contributed by atoms with Crippen LogP contribution >= 0.6 is 22.2 Å². The zero-order valence-corrected chi connectivity index (χ0v) is 12.4. The van der Waals surface area contributed by atoms with Crippen LogP contribution in [0.4, 0.5) is 0 Å². The zero-order chi connectivity index (χ0) is 12.1. The topological polar surface area (TPSA) is 9.23 Å². The average molecular weight is 297 g/mol. The molecule has 86 valence electrons. The van der Waals surface area contributed by atoms with Gasteiger partial charge in [-0.2, -0.15) is 0 Å². The molecule has 2 aromatic rings. The summed E-state index contributed by atoms with van der Waals surface area (Å²) in [6, 6.07) is 19.6. The van der Waals surface area contributed by atoms with E-state index in [0.29, 0.717) is 0 Å². The molecule has 0 spiro atoms. The van der Waals surface area contributed by atoms with Crippen LogP contribution in [0.5, 0.6) is 0 Å². The highest BCUT2D eigenvalue weighted by molar-refractivity contribution is 7.19. The van der Waals surface area contributed by atoms with Crippen molar-refractivity contribution in [2.45, 2.75) is 0 Å². The summed E-state index contributed by atoms with van der Waals surface area (Å²) in [6.45, 7) is 0. The molecule has 0 aliphatic carbocycles. The van der Waals surface area contributed by atoms with Gasteiger partial charge in [0.05, 0.1) is 0 Å². The lowest BCUT2D eigenvalue weighted by atomic mass is 10.4. The van der Waals surface area contributed by atoms with Gasteiger partial charge in [0.1, 0.15) is 0 Å². The molecule has 0 aliphatic rings. The van der Waals surface area contributed by atoms with Crippen LogP contribution in [0.15, 0.2) is 60.7 Å². The van der Waals surface area contributed by atoms with Crippen molar-refractivity contribution >= 4 is 49.2 Å². The van der Waals surface area contributed by atoms with Crippen LogP contribution in [0, 0.1) is 0 Å². The van der Waals surface area contributed by atoms with E-state index in [1.165, 1.54) is 0 Å². The third kappa shape index (κ3) is 3.69. The molecule has 1 nitrogen and oxygen atoms in total. The van der Waals surface area contributed by atoms with Gasteiger partial charge in [0, 0.05) is 0 Å². The first kappa shape index (κ1) is 12.9. The average Bonchev–Trinajstić information content (AvgIpc) is 2.40. The predicted molar refractivity (Wildman–Crippen MR) is 76.5 cm³/mol. The van der Waals surface area contributed by atoms with Gasteiger partial charge >= 0.3 is 16.7 Å². The molecule has 0 N–H and O–H groups in total. The molecule has 0 bridgehead atoms. The number of rotatable bonds is 4. The Morgan fingerprint density at radius 2 is 1.00 bits per heavy atom. The standard InChI is InChI=1S/C12H10Cl2OSi2/c13-16(11-7-3-1-4-8-11)15-17(14)12-9-5-2-6-10-12/h1-10H. The molecule has 2 rings (SSSR count). The van der Waals surface area contributed by atoms with Gasteiger partial charge in [0.25, 0.3) is 0 Å². The molecule has 0 amide bonds. The van der Waals surface area contributed by atoms with Gasteiger partial charge in [-0.1, -0.05) is 60.7 Å². The molecule has 0 aromatic heterocycles. The molecule has 0 heterocycles. The molecule has 0 saturated heterocycles. The van der Waals surface area contributed by atoms with E-state index in [2.05, 4.69) is 0 Å². The molecule has 0 fully saturated rings. The summed E-state index contributed by atoms with van der Waals surface area (Å²) in [5.41, 5.74) is 0. The van der Waals surface area contributed by atoms with Gasteiger partial charge in [-0.3, -0.25) is 0 Å². The van der Waals surface area contributed by atoms with Crippen LogP contribution in [0.25, 0.3) is 0 Å². The van der Waals surface area contributed by atoms with Crippen LogP contribution in [0.1, 0.15) is 0 Å². The second kappa shape index (κ2) is 6.37. The monoisotopic (exact) mass is 296 g/mol. The summed E-state index contributed by atoms with van der Waals surface area (Å²) in [5.74, 6) is 0. The lowest BCUT2D eigenvalue weighted by Crippen LogP contribution is -2.38. The van der Waals surface area contributed by atoms with Gasteiger partial charge in [-0.05, 0) is 10.4 Å². The van der Waals surface area contributed by atoms with E-state index in [-0.39, 0.29) is 0 Å². The van der Waals surface area contributed by atoms with Gasteiger partial charge in [0.15, 0.2) is 0 Å². The third-order valence-corrected chi connectivity index (χ3v) is 7.89. The molecular weight excluding hydrogens is 287 g/mol. The summed E-state index contributed by atoms with van der Waals surface area (Å²) in [6.07, 6.45) is 0. The maximum atomic E-state index is 6.27. The van der Waals surface area contributed by atoms with Crippen molar-refractivity contribution < 1.29 is 4.12 Å². The van der Waals surface area contributed by atoms with E-state index in [0.717, 1.165) is 10.4 Å². The normalized spacial score (nSPS) is 11.1. The van der Waals surface area contributed by atoms with E-state index in [9.17, 15) is 0 Å². The van der Waals surface area contributed by atoms with Crippen LogP contribution in [0.3, 0.4) is 0 Å². The smallest absolute Gasteiger partial charge is 0.350 e. The fourth-order valence-electron chi connectivity index (χ4n) is 1.33. The van der Waals surface area contributed by atoms with Crippen molar-refractivity contribution in [2.75, 3.05) is 0 Å². The van der Waals surface area contributed by atoms with Crippen molar-refractivity contribution in [3.05, 3.63) is 60.7 Å². The molecular formula is C12H10Cl2OSi2. The van der Waals surface area contributed by atoms with E-state index in [1.807, 2.05) is 60.7 Å². The number of hydrogen-bond donors (Lipinski definition) is 0. The first-order valence-electron chi connectivity index (χ1n) is 5.11. The fourth-order valence-corrected chi connectivity index (χ4v) is 6.32. The molecule has 0 unspecified atom stereocenters. The molecule has 0 saturated carbocycles. The molecule has 0 atom stereocenters. The molecule has 2 aromatic carbocycles. The van der Waals surface area contributed by atoms with Gasteiger partial charge < -0.3 is 4.12 Å². The summed E-state index contributed by atoms with van der Waals surface area (Å²) >= 11 is 12.5. The highest BCUT2D eigenvalue weighted by Crippen LogP contribution is 2.02. The van der Waals surface area contributed by atoms with Crippen molar-refractivity contribution in [3.63, 3.8) is 0 Å². The van der Waals surface area contributed by atoms with Gasteiger partial charge in [-0.25, -0.2) is 0 Å². The summed E-state index contributed by atoms with van der Waals surface area (Å²) in [4.78, 5) is 0. The maximum absolute atomic E-state index is 6.27. The number of hydrogen-bond acceptors (Lipinski definition) is 1. The predicted octanol–water partition coefficient (Wildman–Crippen LogP) is 2.27. The Morgan fingerprint density at radius 3 is 1.35 bits per heavy atom. The molecule has 17 heavy (non-hydrogen) atoms. The van der Waals surface area contributed by atoms with Gasteiger partial charge in [-0.15, -0.1) is 22.2 Å².